The van der Waals surface area contributed by atoms with Crippen LogP contribution in [0.25, 0.3) is 0 Å². The number of hydrogen-bond acceptors (Lipinski definition) is 5. The molecule has 21 heavy (non-hydrogen) atoms. The van der Waals surface area contributed by atoms with Gasteiger partial charge in [-0.25, -0.2) is 0 Å². The van der Waals surface area contributed by atoms with Crippen LogP contribution in [-0.4, -0.2) is 23.2 Å². The van der Waals surface area contributed by atoms with Crippen LogP contribution in [0.5, 0.6) is 5.75 Å². The Hall–Kier alpha value is -1.37. The molecular weight excluding hydrogens is 296 g/mol. The Balaban J connectivity index is 0.00000400. The van der Waals surface area contributed by atoms with Crippen LogP contribution < -0.4 is 10.5 Å². The zero-order valence-corrected chi connectivity index (χ0v) is 13.3. The summed E-state index contributed by atoms with van der Waals surface area (Å²) >= 11 is 0. The summed E-state index contributed by atoms with van der Waals surface area (Å²) in [5.74, 6) is 0.657. The van der Waals surface area contributed by atoms with Gasteiger partial charge in [-0.3, -0.25) is 10.1 Å². The van der Waals surface area contributed by atoms with Crippen molar-refractivity contribution in [1.82, 2.24) is 0 Å². The number of benzene rings is 1. The zero-order valence-electron chi connectivity index (χ0n) is 12.5. The minimum atomic E-state index is -0.717. The fourth-order valence-electron chi connectivity index (χ4n) is 1.96. The molecule has 0 spiro atoms. The van der Waals surface area contributed by atoms with E-state index in [0.717, 1.165) is 6.42 Å². The maximum Gasteiger partial charge on any atom is 0.311 e. The van der Waals surface area contributed by atoms with Crippen LogP contribution >= 0.6 is 12.4 Å². The van der Waals surface area contributed by atoms with E-state index in [4.69, 9.17) is 10.5 Å². The van der Waals surface area contributed by atoms with Crippen LogP contribution in [0, 0.1) is 16.0 Å². The van der Waals surface area contributed by atoms with Gasteiger partial charge in [0.1, 0.15) is 0 Å². The first-order chi connectivity index (χ1) is 9.36. The molecule has 0 aliphatic carbocycles. The quantitative estimate of drug-likeness (QED) is 0.595. The maximum atomic E-state index is 11.0. The molecule has 1 aromatic carbocycles. The second kappa shape index (κ2) is 8.81. The Kier molecular flexibility index (Phi) is 8.24. The predicted molar refractivity (Wildman–Crippen MR) is 83.9 cm³/mol. The molecule has 0 radical (unpaired) electrons. The van der Waals surface area contributed by atoms with Crippen molar-refractivity contribution in [2.45, 2.75) is 38.8 Å². The van der Waals surface area contributed by atoms with Crippen molar-refractivity contribution < 1.29 is 14.8 Å². The first-order valence-electron chi connectivity index (χ1n) is 6.62. The second-order valence-electron chi connectivity index (χ2n) is 5.25. The van der Waals surface area contributed by atoms with Gasteiger partial charge in [-0.15, -0.1) is 12.4 Å². The Morgan fingerprint density at radius 1 is 1.38 bits per heavy atom. The minimum absolute atomic E-state index is 0. The van der Waals surface area contributed by atoms with Crippen LogP contribution in [-0.2, 0) is 0 Å². The monoisotopic (exact) mass is 318 g/mol. The van der Waals surface area contributed by atoms with Crippen LogP contribution in [0.4, 0.5) is 5.69 Å². The van der Waals surface area contributed by atoms with E-state index >= 15 is 0 Å². The van der Waals surface area contributed by atoms with Gasteiger partial charge in [-0.1, -0.05) is 19.9 Å². The summed E-state index contributed by atoms with van der Waals surface area (Å²) in [6, 6.07) is 3.87. The lowest BCUT2D eigenvalue weighted by Crippen LogP contribution is -2.26. The normalized spacial score (nSPS) is 13.4. The summed E-state index contributed by atoms with van der Waals surface area (Å²) in [6.45, 7) is 4.13. The van der Waals surface area contributed by atoms with Crippen LogP contribution in [0.2, 0.25) is 0 Å². The van der Waals surface area contributed by atoms with E-state index in [1.54, 1.807) is 6.07 Å². The van der Waals surface area contributed by atoms with Crippen molar-refractivity contribution in [3.05, 3.63) is 33.9 Å². The third-order valence-electron chi connectivity index (χ3n) is 3.24. The van der Waals surface area contributed by atoms with E-state index in [1.165, 1.54) is 19.2 Å². The molecule has 0 aromatic heterocycles. The molecule has 0 unspecified atom stereocenters. The first kappa shape index (κ1) is 19.6. The van der Waals surface area contributed by atoms with E-state index in [2.05, 4.69) is 13.8 Å². The molecule has 0 aliphatic heterocycles. The molecule has 0 aliphatic rings. The molecule has 0 saturated carbocycles. The molecule has 2 atom stereocenters. The molecule has 3 N–H and O–H groups in total. The highest BCUT2D eigenvalue weighted by Crippen LogP contribution is 2.30. The fraction of sp³-hybridized carbons (Fsp3) is 0.571. The highest BCUT2D eigenvalue weighted by atomic mass is 35.5. The van der Waals surface area contributed by atoms with Gasteiger partial charge >= 0.3 is 5.69 Å². The van der Waals surface area contributed by atoms with Crippen LogP contribution in [0.3, 0.4) is 0 Å². The third kappa shape index (κ3) is 5.49. The number of nitro groups is 1. The van der Waals surface area contributed by atoms with Gasteiger partial charge in [-0.05, 0) is 30.4 Å². The third-order valence-corrected chi connectivity index (χ3v) is 3.24. The smallest absolute Gasteiger partial charge is 0.311 e. The van der Waals surface area contributed by atoms with Gasteiger partial charge in [-0.2, -0.15) is 0 Å². The zero-order chi connectivity index (χ0) is 15.3. The molecule has 6 nitrogen and oxygen atoms in total. The van der Waals surface area contributed by atoms with E-state index in [9.17, 15) is 15.2 Å². The van der Waals surface area contributed by atoms with Crippen LogP contribution in [0.1, 0.15) is 38.3 Å². The molecule has 0 heterocycles. The molecule has 120 valence electrons. The number of nitro benzene ring substituents is 1. The van der Waals surface area contributed by atoms with Crippen molar-refractivity contribution in [3.63, 3.8) is 0 Å². The van der Waals surface area contributed by atoms with Crippen LogP contribution in [0.15, 0.2) is 18.2 Å². The molecule has 0 amide bonds. The number of nitrogens with two attached hydrogens (primary N) is 1. The molecule has 7 heteroatoms. The number of ether oxygens (including phenoxy) is 1. The Bertz CT molecular complexity index is 468. The second-order valence-corrected chi connectivity index (χ2v) is 5.25. The largest absolute Gasteiger partial charge is 0.490 e. The fourth-order valence-corrected chi connectivity index (χ4v) is 1.96. The number of halogens is 1. The number of hydrogen-bond donors (Lipinski definition) is 2. The van der Waals surface area contributed by atoms with Crippen molar-refractivity contribution >= 4 is 18.1 Å². The van der Waals surface area contributed by atoms with Crippen molar-refractivity contribution in [3.8, 4) is 5.75 Å². The molecular formula is C14H23ClN2O4. The van der Waals surface area contributed by atoms with Gasteiger partial charge in [0, 0.05) is 6.07 Å². The van der Waals surface area contributed by atoms with Gasteiger partial charge in [0.05, 0.1) is 24.2 Å². The van der Waals surface area contributed by atoms with Gasteiger partial charge in [0.25, 0.3) is 0 Å². The molecule has 1 rings (SSSR count). The number of nitrogens with zero attached hydrogens (tertiary/aromatic N) is 1. The molecule has 0 saturated heterocycles. The van der Waals surface area contributed by atoms with Crippen molar-refractivity contribution in [1.29, 1.82) is 0 Å². The average Bonchev–Trinajstić information content (AvgIpc) is 2.42. The van der Waals surface area contributed by atoms with E-state index in [0.29, 0.717) is 17.9 Å². The molecule has 0 fully saturated rings. The SMILES string of the molecule is COc1ccc([C@@H](N)[C@@H](O)CCC(C)C)cc1[N+](=O)[O-].Cl. The number of rotatable bonds is 7. The van der Waals surface area contributed by atoms with E-state index in [-0.39, 0.29) is 23.8 Å². The summed E-state index contributed by atoms with van der Waals surface area (Å²) in [4.78, 5) is 10.4. The van der Waals surface area contributed by atoms with Crippen molar-refractivity contribution in [2.24, 2.45) is 11.7 Å². The maximum absolute atomic E-state index is 11.0. The highest BCUT2D eigenvalue weighted by Gasteiger charge is 2.22. The summed E-state index contributed by atoms with van der Waals surface area (Å²) < 4.78 is 4.94. The lowest BCUT2D eigenvalue weighted by Gasteiger charge is -2.20. The highest BCUT2D eigenvalue weighted by molar-refractivity contribution is 5.85. The van der Waals surface area contributed by atoms with Gasteiger partial charge in [0.15, 0.2) is 5.75 Å². The van der Waals surface area contributed by atoms with Gasteiger partial charge in [0.2, 0.25) is 0 Å². The molecule has 1 aromatic rings. The number of aliphatic hydroxyl groups is 1. The Morgan fingerprint density at radius 2 is 2.00 bits per heavy atom. The van der Waals surface area contributed by atoms with E-state index in [1.807, 2.05) is 0 Å². The molecule has 0 bridgehead atoms. The lowest BCUT2D eigenvalue weighted by molar-refractivity contribution is -0.385. The summed E-state index contributed by atoms with van der Waals surface area (Å²) in [6.07, 6.45) is 0.705. The minimum Gasteiger partial charge on any atom is -0.490 e. The lowest BCUT2D eigenvalue weighted by atomic mass is 9.95. The number of aliphatic hydroxyl groups excluding tert-OH is 1. The van der Waals surface area contributed by atoms with Crippen molar-refractivity contribution in [2.75, 3.05) is 7.11 Å². The summed E-state index contributed by atoms with van der Waals surface area (Å²) in [5, 5.41) is 21.0. The number of methoxy groups -OCH3 is 1. The standard InChI is InChI=1S/C14H22N2O4.ClH/c1-9(2)4-6-12(17)14(15)10-5-7-13(20-3)11(8-10)16(18)19;/h5,7-9,12,14,17H,4,6,15H2,1-3H3;1H/t12-,14+;/m0./s1. The summed E-state index contributed by atoms with van der Waals surface area (Å²) in [7, 11) is 1.37. The topological polar surface area (TPSA) is 98.6 Å². The average molecular weight is 319 g/mol. The Labute approximate surface area is 130 Å². The Morgan fingerprint density at radius 3 is 2.48 bits per heavy atom. The first-order valence-corrected chi connectivity index (χ1v) is 6.62. The summed E-state index contributed by atoms with van der Waals surface area (Å²) in [5.41, 5.74) is 6.37. The van der Waals surface area contributed by atoms with E-state index < -0.39 is 17.1 Å². The van der Waals surface area contributed by atoms with Gasteiger partial charge < -0.3 is 15.6 Å². The predicted octanol–water partition coefficient (Wildman–Crippen LogP) is 2.82.